The summed E-state index contributed by atoms with van der Waals surface area (Å²) in [5, 5.41) is -0.819. The van der Waals surface area contributed by atoms with Crippen LogP contribution < -0.4 is 9.80 Å². The predicted molar refractivity (Wildman–Crippen MR) is 134 cm³/mol. The molecule has 0 saturated carbocycles. The molecule has 0 aliphatic carbocycles. The summed E-state index contributed by atoms with van der Waals surface area (Å²) < 4.78 is 26.4. The van der Waals surface area contributed by atoms with Crippen LogP contribution in [0.5, 0.6) is 0 Å². The molecule has 0 aromatic heterocycles. The van der Waals surface area contributed by atoms with Gasteiger partial charge in [0.15, 0.2) is 9.84 Å². The van der Waals surface area contributed by atoms with Crippen LogP contribution in [0.4, 0.5) is 11.4 Å². The first-order valence-corrected chi connectivity index (χ1v) is 13.4. The van der Waals surface area contributed by atoms with Crippen LogP contribution in [0.1, 0.15) is 37.0 Å². The van der Waals surface area contributed by atoms with Gasteiger partial charge in [-0.25, -0.2) is 8.42 Å². The van der Waals surface area contributed by atoms with Gasteiger partial charge in [-0.3, -0.25) is 9.59 Å². The third kappa shape index (κ3) is 4.69. The first-order valence-electron chi connectivity index (χ1n) is 11.8. The highest BCUT2D eigenvalue weighted by Gasteiger charge is 2.31. The quantitative estimate of drug-likeness (QED) is 0.653. The molecule has 4 rings (SSSR count). The Labute approximate surface area is 202 Å². The van der Waals surface area contributed by atoms with E-state index in [1.807, 2.05) is 0 Å². The molecular weight excluding hydrogens is 450 g/mol. The number of amides is 2. The number of rotatable bonds is 5. The Kier molecular flexibility index (Phi) is 6.71. The van der Waals surface area contributed by atoms with Crippen molar-refractivity contribution in [2.45, 2.75) is 50.7 Å². The Balaban J connectivity index is 1.38. The number of nitrogens with zero attached hydrogens (tertiary/aromatic N) is 3. The van der Waals surface area contributed by atoms with E-state index in [1.54, 1.807) is 34.9 Å². The summed E-state index contributed by atoms with van der Waals surface area (Å²) in [6.45, 7) is 10.5. The van der Waals surface area contributed by atoms with Gasteiger partial charge in [-0.1, -0.05) is 17.7 Å². The van der Waals surface area contributed by atoms with Crippen molar-refractivity contribution in [1.82, 2.24) is 4.90 Å². The highest BCUT2D eigenvalue weighted by Crippen LogP contribution is 2.32. The minimum absolute atomic E-state index is 0.0391. The van der Waals surface area contributed by atoms with Crippen LogP contribution >= 0.6 is 0 Å². The zero-order valence-corrected chi connectivity index (χ0v) is 21.2. The van der Waals surface area contributed by atoms with Gasteiger partial charge in [-0.2, -0.15) is 0 Å². The van der Waals surface area contributed by atoms with Gasteiger partial charge in [0.1, 0.15) is 0 Å². The van der Waals surface area contributed by atoms with E-state index in [2.05, 4.69) is 36.9 Å². The number of piperazine rings is 1. The number of sulfone groups is 1. The van der Waals surface area contributed by atoms with E-state index in [0.29, 0.717) is 26.1 Å². The third-order valence-electron chi connectivity index (χ3n) is 6.97. The average Bonchev–Trinajstić information content (AvgIpc) is 3.23. The molecule has 2 aliphatic heterocycles. The number of anilines is 2. The summed E-state index contributed by atoms with van der Waals surface area (Å²) in [5.41, 5.74) is 5.27. The van der Waals surface area contributed by atoms with Crippen molar-refractivity contribution in [2.24, 2.45) is 0 Å². The fraction of sp³-hybridized carbons (Fsp3) is 0.462. The Bertz CT molecular complexity index is 1220. The molecule has 0 radical (unpaired) electrons. The molecule has 2 heterocycles. The summed E-state index contributed by atoms with van der Waals surface area (Å²) in [6.07, 6.45) is 0.596. The van der Waals surface area contributed by atoms with Crippen LogP contribution in [0.25, 0.3) is 0 Å². The van der Waals surface area contributed by atoms with Gasteiger partial charge < -0.3 is 14.7 Å². The zero-order chi connectivity index (χ0) is 24.6. The molecule has 0 spiro atoms. The molecule has 1 unspecified atom stereocenters. The Hall–Kier alpha value is -2.87. The minimum atomic E-state index is -3.66. The average molecular weight is 484 g/mol. The monoisotopic (exact) mass is 483 g/mol. The molecule has 2 aromatic rings. The molecule has 2 amide bonds. The number of hydrogen-bond acceptors (Lipinski definition) is 5. The van der Waals surface area contributed by atoms with Gasteiger partial charge in [-0.05, 0) is 62.6 Å². The molecule has 182 valence electrons. The van der Waals surface area contributed by atoms with E-state index < -0.39 is 15.1 Å². The zero-order valence-electron chi connectivity index (χ0n) is 20.4. The topological polar surface area (TPSA) is 78.0 Å². The van der Waals surface area contributed by atoms with Gasteiger partial charge in [-0.15, -0.1) is 0 Å². The second kappa shape index (κ2) is 9.41. The number of fused-ring (bicyclic) bond motifs is 1. The van der Waals surface area contributed by atoms with E-state index in [-0.39, 0.29) is 23.1 Å². The van der Waals surface area contributed by atoms with E-state index >= 15 is 0 Å². The van der Waals surface area contributed by atoms with Gasteiger partial charge in [0.25, 0.3) is 0 Å². The van der Waals surface area contributed by atoms with Crippen molar-refractivity contribution >= 4 is 33.0 Å². The van der Waals surface area contributed by atoms with Crippen LogP contribution in [0.15, 0.2) is 41.3 Å². The van der Waals surface area contributed by atoms with Crippen LogP contribution in [0.3, 0.4) is 0 Å². The number of hydrogen-bond donors (Lipinski definition) is 0. The second-order valence-electron chi connectivity index (χ2n) is 9.43. The highest BCUT2D eigenvalue weighted by atomic mass is 32.2. The van der Waals surface area contributed by atoms with E-state index in [9.17, 15) is 18.0 Å². The summed E-state index contributed by atoms with van der Waals surface area (Å²) in [4.78, 5) is 30.7. The van der Waals surface area contributed by atoms with Crippen molar-refractivity contribution in [3.63, 3.8) is 0 Å². The lowest BCUT2D eigenvalue weighted by atomic mass is 10.1. The molecule has 1 atom stereocenters. The number of benzene rings is 2. The third-order valence-corrected chi connectivity index (χ3v) is 9.11. The maximum absolute atomic E-state index is 13.2. The lowest BCUT2D eigenvalue weighted by molar-refractivity contribution is -0.131. The highest BCUT2D eigenvalue weighted by molar-refractivity contribution is 7.92. The van der Waals surface area contributed by atoms with Gasteiger partial charge in [0.05, 0.1) is 10.1 Å². The predicted octanol–water partition coefficient (Wildman–Crippen LogP) is 3.11. The SMILES string of the molecule is CC(=O)N1CCc2cc(S(=O)(=O)C(C)CC(=O)N3CCN(c4ccc(C)cc4C)CC3)ccc21. The number of carbonyl (C=O) groups excluding carboxylic acids is 2. The van der Waals surface area contributed by atoms with Gasteiger partial charge >= 0.3 is 0 Å². The lowest BCUT2D eigenvalue weighted by Crippen LogP contribution is -2.49. The van der Waals surface area contributed by atoms with Crippen LogP contribution in [0, 0.1) is 13.8 Å². The van der Waals surface area contributed by atoms with Crippen molar-refractivity contribution in [3.8, 4) is 0 Å². The van der Waals surface area contributed by atoms with Crippen molar-refractivity contribution in [1.29, 1.82) is 0 Å². The van der Waals surface area contributed by atoms with Crippen molar-refractivity contribution in [3.05, 3.63) is 53.1 Å². The fourth-order valence-electron chi connectivity index (χ4n) is 4.96. The largest absolute Gasteiger partial charge is 0.368 e. The molecule has 1 fully saturated rings. The smallest absolute Gasteiger partial charge is 0.224 e. The van der Waals surface area contributed by atoms with Crippen molar-refractivity contribution < 1.29 is 18.0 Å². The molecule has 8 heteroatoms. The molecule has 2 aromatic carbocycles. The van der Waals surface area contributed by atoms with Gasteiger partial charge in [0.2, 0.25) is 11.8 Å². The van der Waals surface area contributed by atoms with E-state index in [4.69, 9.17) is 0 Å². The standard InChI is InChI=1S/C26H33N3O4S/c1-18-5-7-24(19(2)15-18)27-11-13-28(14-12-27)26(31)16-20(3)34(32,33)23-6-8-25-22(17-23)9-10-29(25)21(4)30/h5-8,15,17,20H,9-14,16H2,1-4H3. The maximum atomic E-state index is 13.2. The van der Waals surface area contributed by atoms with E-state index in [0.717, 1.165) is 24.3 Å². The summed E-state index contributed by atoms with van der Waals surface area (Å²) in [7, 11) is -3.66. The van der Waals surface area contributed by atoms with Crippen LogP contribution in [-0.2, 0) is 25.8 Å². The second-order valence-corrected chi connectivity index (χ2v) is 11.8. The Morgan fingerprint density at radius 1 is 0.941 bits per heavy atom. The molecule has 7 nitrogen and oxygen atoms in total. The normalized spacial score (nSPS) is 17.0. The molecule has 0 bridgehead atoms. The molecular formula is C26H33N3O4S. The molecule has 2 aliphatic rings. The molecule has 0 N–H and O–H groups in total. The van der Waals surface area contributed by atoms with E-state index in [1.165, 1.54) is 23.7 Å². The minimum Gasteiger partial charge on any atom is -0.368 e. The van der Waals surface area contributed by atoms with Gasteiger partial charge in [0, 0.05) is 57.4 Å². The summed E-state index contributed by atoms with van der Waals surface area (Å²) in [6, 6.07) is 11.3. The summed E-state index contributed by atoms with van der Waals surface area (Å²) in [5.74, 6) is -0.175. The maximum Gasteiger partial charge on any atom is 0.224 e. The Morgan fingerprint density at radius 2 is 1.62 bits per heavy atom. The molecule has 1 saturated heterocycles. The number of aryl methyl sites for hydroxylation is 2. The molecule has 34 heavy (non-hydrogen) atoms. The lowest BCUT2D eigenvalue weighted by Gasteiger charge is -2.37. The first kappa shape index (κ1) is 24.3. The van der Waals surface area contributed by atoms with Crippen LogP contribution in [-0.4, -0.2) is 63.1 Å². The van der Waals surface area contributed by atoms with Crippen LogP contribution in [0.2, 0.25) is 0 Å². The first-order chi connectivity index (χ1) is 16.1. The fourth-order valence-corrected chi connectivity index (χ4v) is 6.35. The van der Waals surface area contributed by atoms with Crippen molar-refractivity contribution in [2.75, 3.05) is 42.5 Å². The number of carbonyl (C=O) groups is 2. The summed E-state index contributed by atoms with van der Waals surface area (Å²) >= 11 is 0. The Morgan fingerprint density at radius 3 is 2.26 bits per heavy atom.